The Morgan fingerprint density at radius 2 is 2.15 bits per heavy atom. The summed E-state index contributed by atoms with van der Waals surface area (Å²) in [6.07, 6.45) is 1.64. The second-order valence-electron chi connectivity index (χ2n) is 4.97. The lowest BCUT2D eigenvalue weighted by Crippen LogP contribution is -2.37. The van der Waals surface area contributed by atoms with Gasteiger partial charge in [-0.25, -0.2) is 4.39 Å². The Balaban J connectivity index is 1.74. The molecule has 0 bridgehead atoms. The van der Waals surface area contributed by atoms with Gasteiger partial charge in [-0.3, -0.25) is 4.79 Å². The van der Waals surface area contributed by atoms with E-state index in [0.717, 1.165) is 25.9 Å². The third-order valence-electron chi connectivity index (χ3n) is 3.61. The molecule has 1 atom stereocenters. The van der Waals surface area contributed by atoms with Crippen molar-refractivity contribution in [3.8, 4) is 0 Å². The monoisotopic (exact) mass is 296 g/mol. The van der Waals surface area contributed by atoms with Crippen molar-refractivity contribution in [1.82, 2.24) is 4.90 Å². The van der Waals surface area contributed by atoms with Crippen LogP contribution in [0.1, 0.15) is 24.8 Å². The number of likely N-dealkylation sites (tertiary alicyclic amines) is 1. The van der Waals surface area contributed by atoms with Crippen LogP contribution in [0.25, 0.3) is 0 Å². The van der Waals surface area contributed by atoms with Crippen molar-refractivity contribution >= 4 is 23.2 Å². The molecule has 106 valence electrons. The zero-order valence-electron chi connectivity index (χ0n) is 10.8. The van der Waals surface area contributed by atoms with Gasteiger partial charge in [0.25, 0.3) is 5.91 Å². The second-order valence-corrected chi connectivity index (χ2v) is 5.37. The van der Waals surface area contributed by atoms with Crippen molar-refractivity contribution < 1.29 is 14.0 Å². The molecule has 0 N–H and O–H groups in total. The van der Waals surface area contributed by atoms with Crippen LogP contribution in [0.15, 0.2) is 23.4 Å². The number of hydrogen-bond donors (Lipinski definition) is 0. The van der Waals surface area contributed by atoms with E-state index in [1.165, 1.54) is 12.1 Å². The van der Waals surface area contributed by atoms with E-state index < -0.39 is 11.9 Å². The molecule has 0 spiro atoms. The summed E-state index contributed by atoms with van der Waals surface area (Å²) in [5.74, 6) is -0.525. The van der Waals surface area contributed by atoms with E-state index >= 15 is 0 Å². The van der Waals surface area contributed by atoms with Gasteiger partial charge in [0.05, 0.1) is 16.3 Å². The SMILES string of the molecule is O=C([C@H]1CC(c2c(F)cccc2Cl)=NO1)N1CCCC1. The van der Waals surface area contributed by atoms with E-state index in [-0.39, 0.29) is 22.9 Å². The van der Waals surface area contributed by atoms with Crippen LogP contribution in [0.4, 0.5) is 4.39 Å². The first-order chi connectivity index (χ1) is 9.66. The Bertz CT molecular complexity index is 550. The van der Waals surface area contributed by atoms with Crippen molar-refractivity contribution in [2.24, 2.45) is 5.16 Å². The van der Waals surface area contributed by atoms with E-state index in [0.29, 0.717) is 5.71 Å². The molecule has 0 aliphatic carbocycles. The minimum Gasteiger partial charge on any atom is -0.382 e. The number of carbonyl (C=O) groups excluding carboxylic acids is 1. The highest BCUT2D eigenvalue weighted by Gasteiger charge is 2.34. The summed E-state index contributed by atoms with van der Waals surface area (Å²) in [7, 11) is 0. The maximum atomic E-state index is 13.8. The lowest BCUT2D eigenvalue weighted by molar-refractivity contribution is -0.140. The fourth-order valence-electron chi connectivity index (χ4n) is 2.57. The summed E-state index contributed by atoms with van der Waals surface area (Å²) in [6.45, 7) is 1.52. The summed E-state index contributed by atoms with van der Waals surface area (Å²) >= 11 is 5.99. The fourth-order valence-corrected chi connectivity index (χ4v) is 2.84. The van der Waals surface area contributed by atoms with Crippen LogP contribution in [0, 0.1) is 5.82 Å². The summed E-state index contributed by atoms with van der Waals surface area (Å²) in [4.78, 5) is 19.1. The molecule has 1 fully saturated rings. The number of amides is 1. The molecule has 0 unspecified atom stereocenters. The first kappa shape index (κ1) is 13.4. The average molecular weight is 297 g/mol. The normalized spacial score (nSPS) is 21.8. The van der Waals surface area contributed by atoms with Gasteiger partial charge in [0.2, 0.25) is 6.10 Å². The molecule has 2 aliphatic rings. The lowest BCUT2D eigenvalue weighted by Gasteiger charge is -2.18. The van der Waals surface area contributed by atoms with Gasteiger partial charge in [-0.2, -0.15) is 0 Å². The van der Waals surface area contributed by atoms with Gasteiger partial charge in [-0.15, -0.1) is 0 Å². The van der Waals surface area contributed by atoms with Gasteiger partial charge in [-0.05, 0) is 25.0 Å². The van der Waals surface area contributed by atoms with Gasteiger partial charge in [0.15, 0.2) is 0 Å². The zero-order chi connectivity index (χ0) is 14.1. The van der Waals surface area contributed by atoms with Crippen molar-refractivity contribution in [2.45, 2.75) is 25.4 Å². The summed E-state index contributed by atoms with van der Waals surface area (Å²) < 4.78 is 13.8. The highest BCUT2D eigenvalue weighted by Crippen LogP contribution is 2.26. The quantitative estimate of drug-likeness (QED) is 0.842. The van der Waals surface area contributed by atoms with Gasteiger partial charge < -0.3 is 9.74 Å². The minimum atomic E-state index is -0.654. The maximum Gasteiger partial charge on any atom is 0.266 e. The van der Waals surface area contributed by atoms with Crippen LogP contribution in [-0.2, 0) is 9.63 Å². The molecule has 3 rings (SSSR count). The Morgan fingerprint density at radius 1 is 1.40 bits per heavy atom. The molecule has 1 saturated heterocycles. The first-order valence-corrected chi connectivity index (χ1v) is 7.00. The molecule has 1 aromatic rings. The molecule has 0 radical (unpaired) electrons. The van der Waals surface area contributed by atoms with E-state index in [1.807, 2.05) is 0 Å². The second kappa shape index (κ2) is 5.40. The average Bonchev–Trinajstić information content (AvgIpc) is 3.09. The van der Waals surface area contributed by atoms with E-state index in [2.05, 4.69) is 5.16 Å². The molecule has 1 amide bonds. The van der Waals surface area contributed by atoms with E-state index in [1.54, 1.807) is 11.0 Å². The Hall–Kier alpha value is -1.62. The van der Waals surface area contributed by atoms with Gasteiger partial charge >= 0.3 is 0 Å². The lowest BCUT2D eigenvalue weighted by atomic mass is 10.0. The zero-order valence-corrected chi connectivity index (χ0v) is 11.6. The van der Waals surface area contributed by atoms with Crippen LogP contribution in [0.3, 0.4) is 0 Å². The van der Waals surface area contributed by atoms with Crippen LogP contribution in [0.5, 0.6) is 0 Å². The summed E-state index contributed by atoms with van der Waals surface area (Å²) in [6, 6.07) is 4.45. The molecule has 20 heavy (non-hydrogen) atoms. The highest BCUT2D eigenvalue weighted by molar-refractivity contribution is 6.34. The summed E-state index contributed by atoms with van der Waals surface area (Å²) in [5.41, 5.74) is 0.622. The van der Waals surface area contributed by atoms with Crippen molar-refractivity contribution in [3.05, 3.63) is 34.6 Å². The Morgan fingerprint density at radius 3 is 2.85 bits per heavy atom. The molecule has 2 aliphatic heterocycles. The van der Waals surface area contributed by atoms with E-state index in [9.17, 15) is 9.18 Å². The Labute approximate surface area is 121 Å². The Kier molecular flexibility index (Phi) is 3.61. The van der Waals surface area contributed by atoms with Crippen LogP contribution in [-0.4, -0.2) is 35.7 Å². The highest BCUT2D eigenvalue weighted by atomic mass is 35.5. The van der Waals surface area contributed by atoms with Crippen LogP contribution < -0.4 is 0 Å². The molecule has 1 aromatic carbocycles. The summed E-state index contributed by atoms with van der Waals surface area (Å²) in [5, 5.41) is 4.13. The van der Waals surface area contributed by atoms with Crippen LogP contribution >= 0.6 is 11.6 Å². The number of rotatable bonds is 2. The largest absolute Gasteiger partial charge is 0.382 e. The maximum absolute atomic E-state index is 13.8. The van der Waals surface area contributed by atoms with Gasteiger partial charge in [-0.1, -0.05) is 22.8 Å². The topological polar surface area (TPSA) is 41.9 Å². The minimum absolute atomic E-state index is 0.0753. The molecular formula is C14H14ClFN2O2. The van der Waals surface area contributed by atoms with Gasteiger partial charge in [0, 0.05) is 19.5 Å². The molecule has 0 saturated carbocycles. The third kappa shape index (κ3) is 2.38. The molecular weight excluding hydrogens is 283 g/mol. The standard InChI is InChI=1S/C14H14ClFN2O2/c15-9-4-3-5-10(16)13(9)11-8-12(20-17-11)14(19)18-6-1-2-7-18/h3-5,12H,1-2,6-8H2/t12-/m1/s1. The van der Waals surface area contributed by atoms with Crippen LogP contribution in [0.2, 0.25) is 5.02 Å². The fraction of sp³-hybridized carbons (Fsp3) is 0.429. The third-order valence-corrected chi connectivity index (χ3v) is 3.93. The predicted octanol–water partition coefficient (Wildman–Crippen LogP) is 2.59. The molecule has 0 aromatic heterocycles. The molecule has 2 heterocycles. The molecule has 4 nitrogen and oxygen atoms in total. The number of benzene rings is 1. The van der Waals surface area contributed by atoms with Crippen molar-refractivity contribution in [2.75, 3.05) is 13.1 Å². The van der Waals surface area contributed by atoms with Crippen molar-refractivity contribution in [3.63, 3.8) is 0 Å². The number of hydrogen-bond acceptors (Lipinski definition) is 3. The smallest absolute Gasteiger partial charge is 0.266 e. The van der Waals surface area contributed by atoms with Crippen molar-refractivity contribution in [1.29, 1.82) is 0 Å². The number of carbonyl (C=O) groups is 1. The van der Waals surface area contributed by atoms with Gasteiger partial charge in [0.1, 0.15) is 5.82 Å². The van der Waals surface area contributed by atoms with E-state index in [4.69, 9.17) is 16.4 Å². The number of nitrogens with zero attached hydrogens (tertiary/aromatic N) is 2. The predicted molar refractivity (Wildman–Crippen MR) is 73.3 cm³/mol. The molecule has 6 heteroatoms. The number of halogens is 2. The first-order valence-electron chi connectivity index (χ1n) is 6.62. The number of oxime groups is 1.